The van der Waals surface area contributed by atoms with E-state index in [1.54, 1.807) is 0 Å². The molecule has 0 saturated heterocycles. The van der Waals surface area contributed by atoms with Crippen LogP contribution < -0.4 is 14.8 Å². The molecule has 1 aliphatic heterocycles. The molecule has 4 saturated carbocycles. The van der Waals surface area contributed by atoms with E-state index in [2.05, 4.69) is 28.2 Å². The normalized spacial score (nSPS) is 38.1. The molecule has 4 fully saturated rings. The minimum absolute atomic E-state index is 0.0300. The zero-order valence-electron chi connectivity index (χ0n) is 15.2. The Labute approximate surface area is 163 Å². The molecule has 3 atom stereocenters. The maximum atomic E-state index is 13.3. The van der Waals surface area contributed by atoms with Gasteiger partial charge >= 0.3 is 0 Å². The van der Waals surface area contributed by atoms with Crippen LogP contribution in [0.3, 0.4) is 0 Å². The van der Waals surface area contributed by atoms with Crippen molar-refractivity contribution in [3.63, 3.8) is 0 Å². The molecule has 140 valence electrons. The highest BCUT2D eigenvalue weighted by molar-refractivity contribution is 9.10. The Bertz CT molecular complexity index is 735. The van der Waals surface area contributed by atoms with Gasteiger partial charge in [-0.05, 0) is 75.0 Å². The number of carbonyl (C=O) groups is 1. The summed E-state index contributed by atoms with van der Waals surface area (Å²) in [7, 11) is 0. The molecule has 1 amide bonds. The molecule has 0 aromatic heterocycles. The predicted octanol–water partition coefficient (Wildman–Crippen LogP) is 4.37. The molecule has 0 spiro atoms. The number of fused-ring (bicyclic) bond motifs is 1. The smallest absolute Gasteiger partial charge is 0.226 e. The first-order chi connectivity index (χ1) is 12.4. The molecular formula is C21H26BrNO3. The van der Waals surface area contributed by atoms with Crippen LogP contribution in [0.15, 0.2) is 18.2 Å². The summed E-state index contributed by atoms with van der Waals surface area (Å²) in [5.41, 5.74) is 0.899. The summed E-state index contributed by atoms with van der Waals surface area (Å²) in [6.45, 7) is 3.24. The van der Waals surface area contributed by atoms with Crippen molar-refractivity contribution in [2.75, 3.05) is 13.2 Å². The number of alkyl halides is 1. The van der Waals surface area contributed by atoms with Gasteiger partial charge in [-0.3, -0.25) is 4.79 Å². The zero-order chi connectivity index (χ0) is 17.9. The molecule has 1 aromatic carbocycles. The van der Waals surface area contributed by atoms with Gasteiger partial charge in [0.25, 0.3) is 0 Å². The van der Waals surface area contributed by atoms with Crippen molar-refractivity contribution in [1.29, 1.82) is 0 Å². The van der Waals surface area contributed by atoms with Crippen molar-refractivity contribution in [2.24, 2.45) is 17.3 Å². The molecule has 26 heavy (non-hydrogen) atoms. The van der Waals surface area contributed by atoms with Crippen molar-refractivity contribution in [1.82, 2.24) is 5.32 Å². The quantitative estimate of drug-likeness (QED) is 0.739. The maximum Gasteiger partial charge on any atom is 0.226 e. The molecule has 4 nitrogen and oxygen atoms in total. The van der Waals surface area contributed by atoms with Gasteiger partial charge in [0.2, 0.25) is 5.91 Å². The van der Waals surface area contributed by atoms with Gasteiger partial charge in [0.05, 0.1) is 11.5 Å². The molecule has 0 radical (unpaired) electrons. The third-order valence-electron chi connectivity index (χ3n) is 6.89. The molecular weight excluding hydrogens is 394 g/mol. The summed E-state index contributed by atoms with van der Waals surface area (Å²) in [5.74, 6) is 3.25. The molecule has 3 unspecified atom stereocenters. The summed E-state index contributed by atoms with van der Waals surface area (Å²) < 4.78 is 11.5. The molecule has 4 bridgehead atoms. The highest BCUT2D eigenvalue weighted by atomic mass is 79.9. The van der Waals surface area contributed by atoms with Crippen LogP contribution in [0.1, 0.15) is 57.1 Å². The van der Waals surface area contributed by atoms with E-state index in [9.17, 15) is 4.79 Å². The number of hydrogen-bond acceptors (Lipinski definition) is 3. The molecule has 5 heteroatoms. The monoisotopic (exact) mass is 419 g/mol. The Morgan fingerprint density at radius 1 is 1.15 bits per heavy atom. The summed E-state index contributed by atoms with van der Waals surface area (Å²) in [6, 6.07) is 5.96. The van der Waals surface area contributed by atoms with Crippen LogP contribution in [-0.2, 0) is 4.79 Å². The van der Waals surface area contributed by atoms with Crippen molar-refractivity contribution < 1.29 is 14.3 Å². The Morgan fingerprint density at radius 2 is 1.85 bits per heavy atom. The van der Waals surface area contributed by atoms with E-state index in [1.165, 1.54) is 19.3 Å². The van der Waals surface area contributed by atoms with E-state index in [1.807, 2.05) is 18.2 Å². The van der Waals surface area contributed by atoms with Gasteiger partial charge in [-0.1, -0.05) is 22.0 Å². The highest BCUT2D eigenvalue weighted by Crippen LogP contribution is 2.64. The highest BCUT2D eigenvalue weighted by Gasteiger charge is 2.59. The lowest BCUT2D eigenvalue weighted by atomic mass is 9.49. The van der Waals surface area contributed by atoms with Crippen molar-refractivity contribution in [3.05, 3.63) is 23.8 Å². The second-order valence-electron chi connectivity index (χ2n) is 8.99. The van der Waals surface area contributed by atoms with E-state index in [4.69, 9.17) is 9.47 Å². The van der Waals surface area contributed by atoms with Crippen LogP contribution in [0.25, 0.3) is 0 Å². The van der Waals surface area contributed by atoms with Crippen molar-refractivity contribution in [3.8, 4) is 11.5 Å². The van der Waals surface area contributed by atoms with E-state index in [0.717, 1.165) is 36.3 Å². The third-order valence-corrected chi connectivity index (χ3v) is 7.81. The van der Waals surface area contributed by atoms with Gasteiger partial charge < -0.3 is 14.8 Å². The van der Waals surface area contributed by atoms with Gasteiger partial charge in [0, 0.05) is 4.32 Å². The second kappa shape index (κ2) is 5.88. The fraction of sp³-hybridized carbons (Fsp3) is 0.667. The summed E-state index contributed by atoms with van der Waals surface area (Å²) in [6.07, 6.45) is 6.94. The lowest BCUT2D eigenvalue weighted by Crippen LogP contribution is -2.58. The molecule has 1 N–H and O–H groups in total. The van der Waals surface area contributed by atoms with E-state index >= 15 is 0 Å². The van der Waals surface area contributed by atoms with Crippen LogP contribution in [-0.4, -0.2) is 23.4 Å². The molecule has 4 aliphatic carbocycles. The van der Waals surface area contributed by atoms with Crippen molar-refractivity contribution in [2.45, 2.75) is 55.8 Å². The van der Waals surface area contributed by atoms with Crippen LogP contribution >= 0.6 is 15.9 Å². The summed E-state index contributed by atoms with van der Waals surface area (Å²) in [5, 5.41) is 3.32. The summed E-state index contributed by atoms with van der Waals surface area (Å²) >= 11 is 4.00. The average Bonchev–Trinajstić information content (AvgIpc) is 2.59. The topological polar surface area (TPSA) is 47.6 Å². The Balaban J connectivity index is 1.34. The predicted molar refractivity (Wildman–Crippen MR) is 103 cm³/mol. The van der Waals surface area contributed by atoms with Crippen LogP contribution in [0.2, 0.25) is 0 Å². The third kappa shape index (κ3) is 2.74. The zero-order valence-corrected chi connectivity index (χ0v) is 16.8. The fourth-order valence-electron chi connectivity index (χ4n) is 6.18. The number of amides is 1. The Kier molecular flexibility index (Phi) is 3.83. The van der Waals surface area contributed by atoms with Crippen LogP contribution in [0.5, 0.6) is 11.5 Å². The number of halogens is 1. The van der Waals surface area contributed by atoms with E-state index in [0.29, 0.717) is 25.0 Å². The molecule has 1 aromatic rings. The largest absolute Gasteiger partial charge is 0.486 e. The Hall–Kier alpha value is -1.23. The first kappa shape index (κ1) is 16.9. The minimum atomic E-state index is -0.171. The lowest BCUT2D eigenvalue weighted by Gasteiger charge is -2.59. The number of rotatable bonds is 3. The molecule has 5 aliphatic rings. The number of nitrogens with one attached hydrogen (secondary N) is 1. The van der Waals surface area contributed by atoms with Gasteiger partial charge in [0.15, 0.2) is 11.5 Å². The lowest BCUT2D eigenvalue weighted by molar-refractivity contribution is -0.144. The maximum absolute atomic E-state index is 13.3. The number of benzene rings is 1. The van der Waals surface area contributed by atoms with Gasteiger partial charge in [0.1, 0.15) is 13.2 Å². The SMILES string of the molecule is CC(NC(=O)C12CC3CC(CC(Br)(C3)C1)C2)c1ccc2c(c1)OCCO2. The average molecular weight is 420 g/mol. The van der Waals surface area contributed by atoms with Gasteiger partial charge in [-0.2, -0.15) is 0 Å². The molecule has 6 rings (SSSR count). The van der Waals surface area contributed by atoms with Gasteiger partial charge in [-0.15, -0.1) is 0 Å². The minimum Gasteiger partial charge on any atom is -0.486 e. The Morgan fingerprint density at radius 3 is 2.54 bits per heavy atom. The molecule has 1 heterocycles. The fourth-order valence-corrected chi connectivity index (χ4v) is 7.63. The summed E-state index contributed by atoms with van der Waals surface area (Å²) in [4.78, 5) is 13.3. The van der Waals surface area contributed by atoms with Crippen LogP contribution in [0.4, 0.5) is 0 Å². The van der Waals surface area contributed by atoms with Crippen molar-refractivity contribution >= 4 is 21.8 Å². The number of ether oxygens (including phenoxy) is 2. The standard InChI is InChI=1S/C21H26BrNO3/c1-13(16-2-3-17-18(7-16)26-5-4-25-17)23-19(24)20-8-14-6-15(9-20)11-21(22,10-14)12-20/h2-3,7,13-15H,4-6,8-12H2,1H3,(H,23,24). The number of hydrogen-bond donors (Lipinski definition) is 1. The second-order valence-corrected chi connectivity index (χ2v) is 10.7. The first-order valence-electron chi connectivity index (χ1n) is 9.84. The van der Waals surface area contributed by atoms with Gasteiger partial charge in [-0.25, -0.2) is 0 Å². The van der Waals surface area contributed by atoms with Crippen LogP contribution in [0, 0.1) is 17.3 Å². The first-order valence-corrected chi connectivity index (χ1v) is 10.6. The number of carbonyl (C=O) groups excluding carboxylic acids is 1. The van der Waals surface area contributed by atoms with E-state index < -0.39 is 0 Å². The van der Waals surface area contributed by atoms with E-state index in [-0.39, 0.29) is 21.7 Å².